The Morgan fingerprint density at radius 3 is 2.77 bits per heavy atom. The van der Waals surface area contributed by atoms with Gasteiger partial charge < -0.3 is 4.74 Å². The van der Waals surface area contributed by atoms with Crippen molar-refractivity contribution in [3.8, 4) is 0 Å². The standard InChI is InChI=1S/C15H18N2O3S2/c1-20-14-6-9-17(22(18,19)15-3-2-10-21-15)13(14)11-12-4-7-16-8-5-12/h2-5,7-8,10,13-14H,6,9,11H2,1H3/t13-,14+/m0/s1. The van der Waals surface area contributed by atoms with Crippen LogP contribution in [-0.4, -0.2) is 43.5 Å². The molecule has 2 aromatic heterocycles. The van der Waals surface area contributed by atoms with Gasteiger partial charge in [-0.3, -0.25) is 4.98 Å². The van der Waals surface area contributed by atoms with Gasteiger partial charge in [-0.15, -0.1) is 11.3 Å². The van der Waals surface area contributed by atoms with E-state index >= 15 is 0 Å². The molecular formula is C15H18N2O3S2. The number of aromatic nitrogens is 1. The third-order valence-corrected chi connectivity index (χ3v) is 7.29. The zero-order valence-corrected chi connectivity index (χ0v) is 13.9. The summed E-state index contributed by atoms with van der Waals surface area (Å²) in [6, 6.07) is 7.07. The van der Waals surface area contributed by atoms with Gasteiger partial charge in [0.05, 0.1) is 12.1 Å². The highest BCUT2D eigenvalue weighted by Gasteiger charge is 2.42. The van der Waals surface area contributed by atoms with Gasteiger partial charge in [-0.2, -0.15) is 4.31 Å². The molecule has 0 aliphatic carbocycles. The molecule has 2 aromatic rings. The molecule has 0 N–H and O–H groups in total. The van der Waals surface area contributed by atoms with Crippen LogP contribution in [0.2, 0.25) is 0 Å². The van der Waals surface area contributed by atoms with Crippen LogP contribution in [-0.2, 0) is 21.2 Å². The molecule has 5 nitrogen and oxygen atoms in total. The molecular weight excluding hydrogens is 320 g/mol. The summed E-state index contributed by atoms with van der Waals surface area (Å²) in [6.07, 6.45) is 4.72. The first kappa shape index (κ1) is 15.6. The van der Waals surface area contributed by atoms with Crippen molar-refractivity contribution in [1.82, 2.24) is 9.29 Å². The molecule has 1 fully saturated rings. The zero-order chi connectivity index (χ0) is 15.6. The largest absolute Gasteiger partial charge is 0.380 e. The predicted octanol–water partition coefficient (Wildman–Crippen LogP) is 2.16. The van der Waals surface area contributed by atoms with E-state index < -0.39 is 10.0 Å². The van der Waals surface area contributed by atoms with Crippen LogP contribution >= 0.6 is 11.3 Å². The van der Waals surface area contributed by atoms with Crippen LogP contribution < -0.4 is 0 Å². The number of nitrogens with zero attached hydrogens (tertiary/aromatic N) is 2. The normalized spacial score (nSPS) is 23.0. The molecule has 3 heterocycles. The number of hydrogen-bond acceptors (Lipinski definition) is 5. The van der Waals surface area contributed by atoms with Crippen LogP contribution in [0.5, 0.6) is 0 Å². The Morgan fingerprint density at radius 2 is 2.14 bits per heavy atom. The van der Waals surface area contributed by atoms with Crippen molar-refractivity contribution < 1.29 is 13.2 Å². The molecule has 0 unspecified atom stereocenters. The Bertz CT molecular complexity index is 702. The molecule has 118 valence electrons. The maximum atomic E-state index is 12.8. The monoisotopic (exact) mass is 338 g/mol. The number of rotatable bonds is 5. The fourth-order valence-electron chi connectivity index (χ4n) is 2.89. The lowest BCUT2D eigenvalue weighted by Gasteiger charge is -2.26. The van der Waals surface area contributed by atoms with Crippen LogP contribution in [0, 0.1) is 0 Å². The highest BCUT2D eigenvalue weighted by atomic mass is 32.2. The molecule has 2 atom stereocenters. The van der Waals surface area contributed by atoms with Gasteiger partial charge >= 0.3 is 0 Å². The van der Waals surface area contributed by atoms with Gasteiger partial charge in [0.1, 0.15) is 4.21 Å². The molecule has 0 bridgehead atoms. The van der Waals surface area contributed by atoms with Crippen molar-refractivity contribution >= 4 is 21.4 Å². The fraction of sp³-hybridized carbons (Fsp3) is 0.400. The lowest BCUT2D eigenvalue weighted by Crippen LogP contribution is -2.41. The van der Waals surface area contributed by atoms with E-state index in [1.165, 1.54) is 11.3 Å². The quantitative estimate of drug-likeness (QED) is 0.838. The highest BCUT2D eigenvalue weighted by molar-refractivity contribution is 7.91. The second-order valence-electron chi connectivity index (χ2n) is 5.24. The van der Waals surface area contributed by atoms with Crippen LogP contribution in [0.4, 0.5) is 0 Å². The summed E-state index contributed by atoms with van der Waals surface area (Å²) in [7, 11) is -1.81. The summed E-state index contributed by atoms with van der Waals surface area (Å²) in [4.78, 5) is 4.01. The zero-order valence-electron chi connectivity index (χ0n) is 12.3. The van der Waals surface area contributed by atoms with Crippen LogP contribution in [0.15, 0.2) is 46.2 Å². The van der Waals surface area contributed by atoms with Crippen molar-refractivity contribution in [1.29, 1.82) is 0 Å². The van der Waals surface area contributed by atoms with Crippen LogP contribution in [0.25, 0.3) is 0 Å². The maximum Gasteiger partial charge on any atom is 0.252 e. The van der Waals surface area contributed by atoms with E-state index in [1.807, 2.05) is 12.1 Å². The van der Waals surface area contributed by atoms with Gasteiger partial charge in [0.25, 0.3) is 10.0 Å². The van der Waals surface area contributed by atoms with Crippen molar-refractivity contribution in [3.05, 3.63) is 47.6 Å². The molecule has 22 heavy (non-hydrogen) atoms. The van der Waals surface area contributed by atoms with Crippen molar-refractivity contribution in [3.63, 3.8) is 0 Å². The van der Waals surface area contributed by atoms with Gasteiger partial charge in [-0.1, -0.05) is 6.07 Å². The van der Waals surface area contributed by atoms with Crippen molar-refractivity contribution in [2.75, 3.05) is 13.7 Å². The summed E-state index contributed by atoms with van der Waals surface area (Å²) in [5.74, 6) is 0. The van der Waals surface area contributed by atoms with Gasteiger partial charge in [0, 0.05) is 26.0 Å². The van der Waals surface area contributed by atoms with Gasteiger partial charge in [0.15, 0.2) is 0 Å². The van der Waals surface area contributed by atoms with Crippen LogP contribution in [0.1, 0.15) is 12.0 Å². The summed E-state index contributed by atoms with van der Waals surface area (Å²) in [6.45, 7) is 0.495. The summed E-state index contributed by atoms with van der Waals surface area (Å²) in [5.41, 5.74) is 1.07. The van der Waals surface area contributed by atoms with E-state index in [2.05, 4.69) is 4.98 Å². The summed E-state index contributed by atoms with van der Waals surface area (Å²) < 4.78 is 33.2. The summed E-state index contributed by atoms with van der Waals surface area (Å²) >= 11 is 1.25. The molecule has 3 rings (SSSR count). The minimum absolute atomic E-state index is 0.0806. The minimum Gasteiger partial charge on any atom is -0.380 e. The molecule has 0 aromatic carbocycles. The molecule has 1 aliphatic rings. The van der Waals surface area contributed by atoms with Gasteiger partial charge in [-0.05, 0) is 42.0 Å². The van der Waals surface area contributed by atoms with E-state index in [1.54, 1.807) is 41.3 Å². The molecule has 1 saturated heterocycles. The van der Waals surface area contributed by atoms with E-state index in [0.29, 0.717) is 17.2 Å². The molecule has 0 spiro atoms. The fourth-order valence-corrected chi connectivity index (χ4v) is 5.67. The Kier molecular flexibility index (Phi) is 4.58. The molecule has 0 radical (unpaired) electrons. The average Bonchev–Trinajstić information content (AvgIpc) is 3.18. The second kappa shape index (κ2) is 6.45. The van der Waals surface area contributed by atoms with E-state index in [9.17, 15) is 8.42 Å². The van der Waals surface area contributed by atoms with E-state index in [-0.39, 0.29) is 12.1 Å². The number of pyridine rings is 1. The Hall–Kier alpha value is -1.28. The first-order chi connectivity index (χ1) is 10.6. The Balaban J connectivity index is 1.90. The van der Waals surface area contributed by atoms with Crippen molar-refractivity contribution in [2.24, 2.45) is 0 Å². The number of thiophene rings is 1. The number of methoxy groups -OCH3 is 1. The first-order valence-electron chi connectivity index (χ1n) is 7.10. The molecule has 0 amide bonds. The third-order valence-electron chi connectivity index (χ3n) is 3.99. The lowest BCUT2D eigenvalue weighted by molar-refractivity contribution is 0.0810. The number of sulfonamides is 1. The molecule has 1 aliphatic heterocycles. The highest BCUT2D eigenvalue weighted by Crippen LogP contribution is 2.31. The first-order valence-corrected chi connectivity index (χ1v) is 9.42. The van der Waals surface area contributed by atoms with E-state index in [4.69, 9.17) is 4.74 Å². The number of hydrogen-bond donors (Lipinski definition) is 0. The third kappa shape index (κ3) is 2.94. The molecule has 0 saturated carbocycles. The molecule has 7 heteroatoms. The topological polar surface area (TPSA) is 59.5 Å². The Labute approximate surface area is 134 Å². The summed E-state index contributed by atoms with van der Waals surface area (Å²) in [5, 5.41) is 1.79. The SMILES string of the molecule is CO[C@@H]1CCN(S(=O)(=O)c2cccs2)[C@H]1Cc1ccncc1. The maximum absolute atomic E-state index is 12.8. The predicted molar refractivity (Wildman–Crippen MR) is 85.4 cm³/mol. The Morgan fingerprint density at radius 1 is 1.36 bits per heavy atom. The van der Waals surface area contributed by atoms with Crippen LogP contribution in [0.3, 0.4) is 0 Å². The van der Waals surface area contributed by atoms with Gasteiger partial charge in [0.2, 0.25) is 0 Å². The smallest absolute Gasteiger partial charge is 0.252 e. The van der Waals surface area contributed by atoms with Crippen molar-refractivity contribution in [2.45, 2.75) is 29.2 Å². The second-order valence-corrected chi connectivity index (χ2v) is 8.30. The number of ether oxygens (including phenoxy) is 1. The van der Waals surface area contributed by atoms with E-state index in [0.717, 1.165) is 12.0 Å². The van der Waals surface area contributed by atoms with Gasteiger partial charge in [-0.25, -0.2) is 8.42 Å². The average molecular weight is 338 g/mol. The minimum atomic E-state index is -3.45. The lowest BCUT2D eigenvalue weighted by atomic mass is 10.0.